The average Bonchev–Trinajstić information content (AvgIpc) is 2.90. The molecule has 0 aliphatic carbocycles. The number of aromatic nitrogens is 2. The first-order valence-corrected chi connectivity index (χ1v) is 6.55. The Morgan fingerprint density at radius 3 is 2.63 bits per heavy atom. The summed E-state index contributed by atoms with van der Waals surface area (Å²) in [5.41, 5.74) is 3.14. The van der Waals surface area contributed by atoms with Gasteiger partial charge in [0.2, 0.25) is 0 Å². The Morgan fingerprint density at radius 2 is 1.84 bits per heavy atom. The molecule has 0 aliphatic rings. The van der Waals surface area contributed by atoms with Crippen molar-refractivity contribution in [1.29, 1.82) is 0 Å². The zero-order chi connectivity index (χ0) is 13.1. The van der Waals surface area contributed by atoms with Crippen molar-refractivity contribution in [2.45, 2.75) is 13.3 Å². The van der Waals surface area contributed by atoms with Crippen LogP contribution in [-0.4, -0.2) is 16.8 Å². The van der Waals surface area contributed by atoms with Crippen molar-refractivity contribution in [3.63, 3.8) is 0 Å². The number of rotatable bonds is 4. The number of ether oxygens (including phenoxy) is 1. The number of hydrogen-bond acceptors (Lipinski definition) is 2. The van der Waals surface area contributed by atoms with E-state index in [1.807, 2.05) is 42.5 Å². The van der Waals surface area contributed by atoms with Gasteiger partial charge in [0.25, 0.3) is 0 Å². The second-order valence-corrected chi connectivity index (χ2v) is 4.49. The molecule has 0 fully saturated rings. The van der Waals surface area contributed by atoms with Crippen molar-refractivity contribution in [2.75, 3.05) is 6.61 Å². The molecule has 0 bridgehead atoms. The first-order chi connectivity index (χ1) is 9.38. The first-order valence-electron chi connectivity index (χ1n) is 6.55. The Kier molecular flexibility index (Phi) is 3.19. The lowest BCUT2D eigenvalue weighted by Gasteiger charge is -2.05. The van der Waals surface area contributed by atoms with Gasteiger partial charge in [-0.1, -0.05) is 25.1 Å². The topological polar surface area (TPSA) is 37.9 Å². The molecule has 3 rings (SSSR count). The van der Waals surface area contributed by atoms with Gasteiger partial charge in [0, 0.05) is 10.9 Å². The molecule has 3 aromatic rings. The van der Waals surface area contributed by atoms with Crippen LogP contribution in [0.25, 0.3) is 22.2 Å². The van der Waals surface area contributed by atoms with Gasteiger partial charge in [0.1, 0.15) is 5.75 Å². The van der Waals surface area contributed by atoms with Gasteiger partial charge in [-0.05, 0) is 36.8 Å². The van der Waals surface area contributed by atoms with Gasteiger partial charge in [-0.3, -0.25) is 5.10 Å². The van der Waals surface area contributed by atoms with Crippen LogP contribution in [0.1, 0.15) is 13.3 Å². The molecule has 96 valence electrons. The Labute approximate surface area is 112 Å². The lowest BCUT2D eigenvalue weighted by atomic mass is 10.1. The third kappa shape index (κ3) is 2.32. The molecule has 0 unspecified atom stereocenters. The normalized spacial score (nSPS) is 10.8. The second kappa shape index (κ2) is 5.14. The second-order valence-electron chi connectivity index (χ2n) is 4.49. The first kappa shape index (κ1) is 11.8. The maximum atomic E-state index is 5.59. The quantitative estimate of drug-likeness (QED) is 0.761. The summed E-state index contributed by atoms with van der Waals surface area (Å²) in [4.78, 5) is 0. The lowest BCUT2D eigenvalue weighted by molar-refractivity contribution is 0.317. The minimum absolute atomic E-state index is 0.755. The number of para-hydroxylation sites is 1. The molecule has 0 saturated carbocycles. The number of H-pyrrole nitrogens is 1. The molecule has 0 aliphatic heterocycles. The van der Waals surface area contributed by atoms with Gasteiger partial charge < -0.3 is 4.74 Å². The SMILES string of the molecule is CCCOc1ccc(-c2n[nH]c3ccccc23)cc1. The summed E-state index contributed by atoms with van der Waals surface area (Å²) >= 11 is 0. The van der Waals surface area contributed by atoms with Gasteiger partial charge in [0.15, 0.2) is 0 Å². The molecular weight excluding hydrogens is 236 g/mol. The van der Waals surface area contributed by atoms with Crippen LogP contribution in [0.4, 0.5) is 0 Å². The Bertz CT molecular complexity index is 671. The molecule has 0 amide bonds. The highest BCUT2D eigenvalue weighted by Crippen LogP contribution is 2.27. The smallest absolute Gasteiger partial charge is 0.119 e. The van der Waals surface area contributed by atoms with Crippen molar-refractivity contribution in [2.24, 2.45) is 0 Å². The minimum atomic E-state index is 0.755. The summed E-state index contributed by atoms with van der Waals surface area (Å²) in [6.07, 6.45) is 1.02. The number of aromatic amines is 1. The Balaban J connectivity index is 1.93. The van der Waals surface area contributed by atoms with E-state index in [9.17, 15) is 0 Å². The van der Waals surface area contributed by atoms with Gasteiger partial charge in [0.05, 0.1) is 17.8 Å². The molecule has 19 heavy (non-hydrogen) atoms. The third-order valence-electron chi connectivity index (χ3n) is 3.07. The maximum Gasteiger partial charge on any atom is 0.119 e. The van der Waals surface area contributed by atoms with Crippen molar-refractivity contribution in [3.05, 3.63) is 48.5 Å². The fourth-order valence-corrected chi connectivity index (χ4v) is 2.11. The highest BCUT2D eigenvalue weighted by Gasteiger charge is 2.07. The Hall–Kier alpha value is -2.29. The number of nitrogens with one attached hydrogen (secondary N) is 1. The molecule has 0 radical (unpaired) electrons. The summed E-state index contributed by atoms with van der Waals surface area (Å²) in [5, 5.41) is 8.59. The molecule has 1 heterocycles. The molecule has 0 saturated heterocycles. The van der Waals surface area contributed by atoms with Gasteiger partial charge in [-0.25, -0.2) is 0 Å². The van der Waals surface area contributed by atoms with Crippen LogP contribution in [0.5, 0.6) is 5.75 Å². The number of benzene rings is 2. The number of fused-ring (bicyclic) bond motifs is 1. The summed E-state index contributed by atoms with van der Waals surface area (Å²) < 4.78 is 5.59. The van der Waals surface area contributed by atoms with Crippen LogP contribution in [0, 0.1) is 0 Å². The van der Waals surface area contributed by atoms with Crippen LogP contribution in [0.15, 0.2) is 48.5 Å². The highest BCUT2D eigenvalue weighted by atomic mass is 16.5. The van der Waals surface area contributed by atoms with Crippen LogP contribution in [0.3, 0.4) is 0 Å². The molecule has 0 atom stereocenters. The van der Waals surface area contributed by atoms with Crippen molar-refractivity contribution >= 4 is 10.9 Å². The predicted molar refractivity (Wildman–Crippen MR) is 77.3 cm³/mol. The summed E-state index contributed by atoms with van der Waals surface area (Å²) in [6, 6.07) is 16.2. The zero-order valence-electron chi connectivity index (χ0n) is 10.9. The monoisotopic (exact) mass is 252 g/mol. The van der Waals surface area contributed by atoms with E-state index in [1.54, 1.807) is 0 Å². The largest absolute Gasteiger partial charge is 0.494 e. The molecule has 3 heteroatoms. The van der Waals surface area contributed by atoms with E-state index in [-0.39, 0.29) is 0 Å². The van der Waals surface area contributed by atoms with E-state index in [1.165, 1.54) is 0 Å². The summed E-state index contributed by atoms with van der Waals surface area (Å²) in [5.74, 6) is 0.908. The predicted octanol–water partition coefficient (Wildman–Crippen LogP) is 4.02. The molecule has 0 spiro atoms. The van der Waals surface area contributed by atoms with E-state index in [0.29, 0.717) is 0 Å². The van der Waals surface area contributed by atoms with Crippen LogP contribution in [0.2, 0.25) is 0 Å². The molecule has 3 nitrogen and oxygen atoms in total. The third-order valence-corrected chi connectivity index (χ3v) is 3.07. The fraction of sp³-hybridized carbons (Fsp3) is 0.188. The van der Waals surface area contributed by atoms with Gasteiger partial charge in [-0.15, -0.1) is 0 Å². The standard InChI is InChI=1S/C16H16N2O/c1-2-11-19-13-9-7-12(8-10-13)16-14-5-3-4-6-15(14)17-18-16/h3-10H,2,11H2,1H3,(H,17,18). The van der Waals surface area contributed by atoms with E-state index in [0.717, 1.165) is 40.9 Å². The van der Waals surface area contributed by atoms with Gasteiger partial charge >= 0.3 is 0 Å². The van der Waals surface area contributed by atoms with Crippen LogP contribution in [-0.2, 0) is 0 Å². The minimum Gasteiger partial charge on any atom is -0.494 e. The Morgan fingerprint density at radius 1 is 1.05 bits per heavy atom. The van der Waals surface area contributed by atoms with E-state index in [4.69, 9.17) is 4.74 Å². The lowest BCUT2D eigenvalue weighted by Crippen LogP contribution is -1.94. The van der Waals surface area contributed by atoms with E-state index in [2.05, 4.69) is 23.2 Å². The maximum absolute atomic E-state index is 5.59. The van der Waals surface area contributed by atoms with Crippen molar-refractivity contribution in [1.82, 2.24) is 10.2 Å². The number of nitrogens with zero attached hydrogens (tertiary/aromatic N) is 1. The van der Waals surface area contributed by atoms with E-state index < -0.39 is 0 Å². The fourth-order valence-electron chi connectivity index (χ4n) is 2.11. The molecule has 1 aromatic heterocycles. The van der Waals surface area contributed by atoms with Crippen LogP contribution < -0.4 is 4.74 Å². The van der Waals surface area contributed by atoms with Crippen molar-refractivity contribution in [3.8, 4) is 17.0 Å². The summed E-state index contributed by atoms with van der Waals surface area (Å²) in [7, 11) is 0. The highest BCUT2D eigenvalue weighted by molar-refractivity contribution is 5.92. The van der Waals surface area contributed by atoms with Gasteiger partial charge in [-0.2, -0.15) is 5.10 Å². The average molecular weight is 252 g/mol. The van der Waals surface area contributed by atoms with E-state index >= 15 is 0 Å². The van der Waals surface area contributed by atoms with Crippen LogP contribution >= 0.6 is 0 Å². The number of hydrogen-bond donors (Lipinski definition) is 1. The van der Waals surface area contributed by atoms with Crippen molar-refractivity contribution < 1.29 is 4.74 Å². The molecule has 2 aromatic carbocycles. The molecular formula is C16H16N2O. The summed E-state index contributed by atoms with van der Waals surface area (Å²) in [6.45, 7) is 2.86. The molecule has 1 N–H and O–H groups in total. The zero-order valence-corrected chi connectivity index (χ0v) is 10.9.